The van der Waals surface area contributed by atoms with Gasteiger partial charge in [0.1, 0.15) is 11.3 Å². The Morgan fingerprint density at radius 2 is 2.12 bits per heavy atom. The van der Waals surface area contributed by atoms with Crippen molar-refractivity contribution in [3.63, 3.8) is 0 Å². The zero-order chi connectivity index (χ0) is 12.1. The van der Waals surface area contributed by atoms with Crippen molar-refractivity contribution in [2.75, 3.05) is 11.9 Å². The molecule has 1 unspecified atom stereocenters. The van der Waals surface area contributed by atoms with Gasteiger partial charge in [0.05, 0.1) is 0 Å². The van der Waals surface area contributed by atoms with Crippen LogP contribution in [0.3, 0.4) is 0 Å². The molecule has 0 bridgehead atoms. The molecule has 4 nitrogen and oxygen atoms in total. The molecule has 0 aliphatic rings. The fourth-order valence-electron chi connectivity index (χ4n) is 1.55. The van der Waals surface area contributed by atoms with E-state index in [1.165, 1.54) is 0 Å². The van der Waals surface area contributed by atoms with Crippen LogP contribution < -0.4 is 5.32 Å². The number of fused-ring (bicyclic) bond motifs is 1. The van der Waals surface area contributed by atoms with Crippen LogP contribution in [0.15, 0.2) is 24.5 Å². The van der Waals surface area contributed by atoms with Crippen LogP contribution in [0.1, 0.15) is 19.8 Å². The monoisotopic (exact) mass is 250 g/mol. The van der Waals surface area contributed by atoms with Gasteiger partial charge in [-0.3, -0.25) is 4.98 Å². The van der Waals surface area contributed by atoms with Gasteiger partial charge in [-0.25, -0.2) is 9.97 Å². The van der Waals surface area contributed by atoms with Gasteiger partial charge in [-0.15, -0.1) is 11.6 Å². The van der Waals surface area contributed by atoms with Gasteiger partial charge in [-0.2, -0.15) is 0 Å². The Kier molecular flexibility index (Phi) is 4.09. The maximum Gasteiger partial charge on any atom is 0.180 e. The molecule has 0 aliphatic heterocycles. The summed E-state index contributed by atoms with van der Waals surface area (Å²) in [5.74, 6) is 0.834. The van der Waals surface area contributed by atoms with Crippen LogP contribution in [0.4, 0.5) is 5.82 Å². The minimum absolute atomic E-state index is 0.229. The van der Waals surface area contributed by atoms with E-state index in [1.807, 2.05) is 19.1 Å². The highest BCUT2D eigenvalue weighted by molar-refractivity contribution is 6.20. The Balaban J connectivity index is 1.95. The number of nitrogens with one attached hydrogen (secondary N) is 1. The highest BCUT2D eigenvalue weighted by Crippen LogP contribution is 2.10. The van der Waals surface area contributed by atoms with Gasteiger partial charge in [-0.1, -0.05) is 0 Å². The Labute approximate surface area is 105 Å². The van der Waals surface area contributed by atoms with Gasteiger partial charge < -0.3 is 5.32 Å². The van der Waals surface area contributed by atoms with Crippen molar-refractivity contribution in [3.05, 3.63) is 24.5 Å². The van der Waals surface area contributed by atoms with Gasteiger partial charge in [-0.05, 0) is 31.9 Å². The van der Waals surface area contributed by atoms with E-state index in [9.17, 15) is 0 Å². The molecule has 0 radical (unpaired) electrons. The highest BCUT2D eigenvalue weighted by Gasteiger charge is 2.00. The molecular weight excluding hydrogens is 236 g/mol. The highest BCUT2D eigenvalue weighted by atomic mass is 35.5. The molecule has 1 atom stereocenters. The van der Waals surface area contributed by atoms with Gasteiger partial charge in [0.25, 0.3) is 0 Å². The summed E-state index contributed by atoms with van der Waals surface area (Å²) < 4.78 is 0. The summed E-state index contributed by atoms with van der Waals surface area (Å²) in [6.45, 7) is 2.88. The standard InChI is InChI=1S/C12H15ClN4/c1-9(13)3-2-6-15-11-5-4-10-12(17-11)16-8-7-14-10/h4-5,7-9H,2-3,6H2,1H3,(H,15,16,17). The number of aromatic nitrogens is 3. The average Bonchev–Trinajstić information content (AvgIpc) is 2.34. The summed E-state index contributed by atoms with van der Waals surface area (Å²) in [6.07, 6.45) is 5.35. The van der Waals surface area contributed by atoms with E-state index in [1.54, 1.807) is 12.4 Å². The van der Waals surface area contributed by atoms with E-state index in [0.717, 1.165) is 30.7 Å². The number of anilines is 1. The van der Waals surface area contributed by atoms with E-state index in [4.69, 9.17) is 11.6 Å². The Morgan fingerprint density at radius 1 is 1.29 bits per heavy atom. The van der Waals surface area contributed by atoms with E-state index in [0.29, 0.717) is 5.65 Å². The Morgan fingerprint density at radius 3 is 2.94 bits per heavy atom. The van der Waals surface area contributed by atoms with Crippen molar-refractivity contribution >= 4 is 28.6 Å². The maximum atomic E-state index is 5.88. The van der Waals surface area contributed by atoms with Crippen molar-refractivity contribution in [1.82, 2.24) is 15.0 Å². The first kappa shape index (κ1) is 12.0. The quantitative estimate of drug-likeness (QED) is 0.655. The lowest BCUT2D eigenvalue weighted by Gasteiger charge is -2.06. The van der Waals surface area contributed by atoms with E-state index >= 15 is 0 Å². The van der Waals surface area contributed by atoms with E-state index in [-0.39, 0.29) is 5.38 Å². The molecule has 0 spiro atoms. The number of hydrogen-bond acceptors (Lipinski definition) is 4. The molecule has 90 valence electrons. The summed E-state index contributed by atoms with van der Waals surface area (Å²) in [6, 6.07) is 3.84. The van der Waals surface area contributed by atoms with Crippen molar-refractivity contribution in [1.29, 1.82) is 0 Å². The molecule has 0 aliphatic carbocycles. The molecule has 17 heavy (non-hydrogen) atoms. The van der Waals surface area contributed by atoms with Crippen LogP contribution in [0.25, 0.3) is 11.2 Å². The largest absolute Gasteiger partial charge is 0.370 e. The Hall–Kier alpha value is -1.42. The van der Waals surface area contributed by atoms with Gasteiger partial charge in [0.15, 0.2) is 5.65 Å². The smallest absolute Gasteiger partial charge is 0.180 e. The van der Waals surface area contributed by atoms with Crippen molar-refractivity contribution in [2.45, 2.75) is 25.1 Å². The first-order valence-electron chi connectivity index (χ1n) is 5.71. The second-order valence-electron chi connectivity index (χ2n) is 3.95. The molecule has 0 saturated heterocycles. The molecule has 0 saturated carbocycles. The predicted octanol–water partition coefficient (Wildman–Crippen LogP) is 2.84. The van der Waals surface area contributed by atoms with Gasteiger partial charge >= 0.3 is 0 Å². The lowest BCUT2D eigenvalue weighted by molar-refractivity contribution is 0.749. The fourth-order valence-corrected chi connectivity index (χ4v) is 1.71. The third-order valence-electron chi connectivity index (χ3n) is 2.42. The van der Waals surface area contributed by atoms with Gasteiger partial charge in [0, 0.05) is 24.3 Å². The van der Waals surface area contributed by atoms with Crippen LogP contribution in [0.5, 0.6) is 0 Å². The van der Waals surface area contributed by atoms with Gasteiger partial charge in [0.2, 0.25) is 0 Å². The molecule has 0 aromatic carbocycles. The summed E-state index contributed by atoms with van der Waals surface area (Å²) in [5.41, 5.74) is 1.48. The lowest BCUT2D eigenvalue weighted by Crippen LogP contribution is -2.05. The second-order valence-corrected chi connectivity index (χ2v) is 4.69. The molecule has 5 heteroatoms. The van der Waals surface area contributed by atoms with Crippen LogP contribution >= 0.6 is 11.6 Å². The van der Waals surface area contributed by atoms with Crippen LogP contribution in [-0.4, -0.2) is 26.9 Å². The third kappa shape index (κ3) is 3.53. The summed E-state index contributed by atoms with van der Waals surface area (Å²) in [7, 11) is 0. The first-order valence-corrected chi connectivity index (χ1v) is 6.15. The summed E-state index contributed by atoms with van der Waals surface area (Å²) >= 11 is 5.88. The number of nitrogens with zero attached hydrogens (tertiary/aromatic N) is 3. The molecule has 2 aromatic heterocycles. The van der Waals surface area contributed by atoms with Crippen LogP contribution in [0.2, 0.25) is 0 Å². The predicted molar refractivity (Wildman–Crippen MR) is 70.4 cm³/mol. The van der Waals surface area contributed by atoms with Crippen molar-refractivity contribution in [3.8, 4) is 0 Å². The van der Waals surface area contributed by atoms with Crippen molar-refractivity contribution in [2.24, 2.45) is 0 Å². The minimum Gasteiger partial charge on any atom is -0.370 e. The molecule has 2 heterocycles. The third-order valence-corrected chi connectivity index (χ3v) is 2.63. The number of hydrogen-bond donors (Lipinski definition) is 1. The van der Waals surface area contributed by atoms with Crippen LogP contribution in [0, 0.1) is 0 Å². The van der Waals surface area contributed by atoms with Crippen LogP contribution in [-0.2, 0) is 0 Å². The number of alkyl halides is 1. The lowest BCUT2D eigenvalue weighted by atomic mass is 10.2. The molecule has 1 N–H and O–H groups in total. The SMILES string of the molecule is CC(Cl)CCCNc1ccc2nccnc2n1. The minimum atomic E-state index is 0.229. The molecular formula is C12H15ClN4. The number of halogens is 1. The second kappa shape index (κ2) is 5.77. The summed E-state index contributed by atoms with van der Waals surface area (Å²) in [4.78, 5) is 12.7. The first-order chi connectivity index (χ1) is 8.25. The topological polar surface area (TPSA) is 50.7 Å². The summed E-state index contributed by atoms with van der Waals surface area (Å²) in [5, 5.41) is 3.48. The Bertz CT molecular complexity index is 487. The average molecular weight is 251 g/mol. The normalized spacial score (nSPS) is 12.6. The van der Waals surface area contributed by atoms with E-state index < -0.39 is 0 Å². The number of pyridine rings is 1. The zero-order valence-corrected chi connectivity index (χ0v) is 10.5. The molecule has 2 rings (SSSR count). The molecule has 0 amide bonds. The maximum absolute atomic E-state index is 5.88. The zero-order valence-electron chi connectivity index (χ0n) is 9.73. The fraction of sp³-hybridized carbons (Fsp3) is 0.417. The van der Waals surface area contributed by atoms with E-state index in [2.05, 4.69) is 20.3 Å². The number of rotatable bonds is 5. The van der Waals surface area contributed by atoms with Crippen molar-refractivity contribution < 1.29 is 0 Å². The molecule has 0 fully saturated rings. The molecule has 2 aromatic rings.